The van der Waals surface area contributed by atoms with Crippen LogP contribution in [-0.4, -0.2) is 36.1 Å². The lowest BCUT2D eigenvalue weighted by Gasteiger charge is -2.46. The molecule has 19 heavy (non-hydrogen) atoms. The van der Waals surface area contributed by atoms with E-state index in [0.29, 0.717) is 0 Å². The first-order valence-electron chi connectivity index (χ1n) is 8.75. The minimum Gasteiger partial charge on any atom is -0.311 e. The molecule has 0 aromatic heterocycles. The Balaban J connectivity index is 1.94. The molecule has 3 unspecified atom stereocenters. The van der Waals surface area contributed by atoms with Crippen LogP contribution in [0.5, 0.6) is 0 Å². The van der Waals surface area contributed by atoms with Gasteiger partial charge in [-0.25, -0.2) is 0 Å². The molecule has 1 aliphatic carbocycles. The molecule has 1 saturated carbocycles. The van der Waals surface area contributed by atoms with Gasteiger partial charge in [0.1, 0.15) is 0 Å². The van der Waals surface area contributed by atoms with Crippen molar-refractivity contribution in [3.63, 3.8) is 0 Å². The Hall–Kier alpha value is -0.0800. The minimum absolute atomic E-state index is 0.765. The summed E-state index contributed by atoms with van der Waals surface area (Å²) in [5.74, 6) is 0.947. The molecule has 0 aromatic rings. The van der Waals surface area contributed by atoms with E-state index in [0.717, 1.165) is 24.0 Å². The van der Waals surface area contributed by atoms with E-state index in [1.807, 2.05) is 0 Å². The van der Waals surface area contributed by atoms with Crippen LogP contribution in [0.15, 0.2) is 0 Å². The lowest BCUT2D eigenvalue weighted by molar-refractivity contribution is 0.0586. The van der Waals surface area contributed by atoms with Crippen molar-refractivity contribution in [3.8, 4) is 0 Å². The molecule has 0 aromatic carbocycles. The molecule has 0 spiro atoms. The maximum atomic E-state index is 3.88. The van der Waals surface area contributed by atoms with Gasteiger partial charge < -0.3 is 5.32 Å². The number of nitrogens with zero attached hydrogens (tertiary/aromatic N) is 1. The predicted octanol–water partition coefficient (Wildman–Crippen LogP) is 3.81. The summed E-state index contributed by atoms with van der Waals surface area (Å²) in [7, 11) is 0. The van der Waals surface area contributed by atoms with Crippen LogP contribution in [0.1, 0.15) is 72.1 Å². The molecule has 0 bridgehead atoms. The quantitative estimate of drug-likeness (QED) is 0.814. The van der Waals surface area contributed by atoms with Gasteiger partial charge in [-0.2, -0.15) is 0 Å². The first-order chi connectivity index (χ1) is 9.26. The molecule has 1 heterocycles. The number of hydrogen-bond donors (Lipinski definition) is 1. The Morgan fingerprint density at radius 2 is 1.89 bits per heavy atom. The Bertz CT molecular complexity index is 248. The van der Waals surface area contributed by atoms with Gasteiger partial charge in [-0.1, -0.05) is 39.5 Å². The molecule has 3 atom stereocenters. The predicted molar refractivity (Wildman–Crippen MR) is 83.5 cm³/mol. The van der Waals surface area contributed by atoms with Crippen LogP contribution >= 0.6 is 0 Å². The van der Waals surface area contributed by atoms with Crippen molar-refractivity contribution < 1.29 is 0 Å². The summed E-state index contributed by atoms with van der Waals surface area (Å²) in [6, 6.07) is 2.30. The molecular formula is C17H34N2. The Labute approximate surface area is 120 Å². The van der Waals surface area contributed by atoms with Gasteiger partial charge in [-0.3, -0.25) is 4.90 Å². The normalized spacial score (nSPS) is 32.4. The third-order valence-electron chi connectivity index (χ3n) is 5.45. The molecule has 112 valence electrons. The molecule has 0 amide bonds. The number of rotatable bonds is 5. The summed E-state index contributed by atoms with van der Waals surface area (Å²) in [6.45, 7) is 9.61. The summed E-state index contributed by atoms with van der Waals surface area (Å²) < 4.78 is 0. The highest BCUT2D eigenvalue weighted by Crippen LogP contribution is 2.29. The highest BCUT2D eigenvalue weighted by atomic mass is 15.3. The van der Waals surface area contributed by atoms with Crippen LogP contribution in [0.3, 0.4) is 0 Å². The fourth-order valence-electron chi connectivity index (χ4n) is 4.20. The first-order valence-corrected chi connectivity index (χ1v) is 8.75. The lowest BCUT2D eigenvalue weighted by Crippen LogP contribution is -2.60. The van der Waals surface area contributed by atoms with E-state index in [9.17, 15) is 0 Å². The second kappa shape index (κ2) is 7.64. The van der Waals surface area contributed by atoms with Gasteiger partial charge in [0.2, 0.25) is 0 Å². The molecule has 2 nitrogen and oxygen atoms in total. The summed E-state index contributed by atoms with van der Waals surface area (Å²) >= 11 is 0. The third kappa shape index (κ3) is 3.95. The van der Waals surface area contributed by atoms with Gasteiger partial charge in [-0.05, 0) is 38.5 Å². The van der Waals surface area contributed by atoms with Crippen molar-refractivity contribution in [2.24, 2.45) is 5.92 Å². The maximum absolute atomic E-state index is 3.88. The van der Waals surface area contributed by atoms with E-state index in [4.69, 9.17) is 0 Å². The van der Waals surface area contributed by atoms with E-state index in [-0.39, 0.29) is 0 Å². The van der Waals surface area contributed by atoms with Gasteiger partial charge in [0, 0.05) is 31.2 Å². The van der Waals surface area contributed by atoms with Crippen LogP contribution in [0.25, 0.3) is 0 Å². The zero-order valence-electron chi connectivity index (χ0n) is 13.3. The highest BCUT2D eigenvalue weighted by Gasteiger charge is 2.33. The minimum atomic E-state index is 0.765. The van der Waals surface area contributed by atoms with Crippen LogP contribution in [-0.2, 0) is 0 Å². The fraction of sp³-hybridized carbons (Fsp3) is 1.00. The van der Waals surface area contributed by atoms with Gasteiger partial charge in [0.05, 0.1) is 0 Å². The first kappa shape index (κ1) is 15.3. The second-order valence-electron chi connectivity index (χ2n) is 6.81. The summed E-state index contributed by atoms with van der Waals surface area (Å²) in [5.41, 5.74) is 0. The molecule has 2 aliphatic rings. The smallest absolute Gasteiger partial charge is 0.0224 e. The molecule has 0 radical (unpaired) electrons. The SMILES string of the molecule is CCCC(C)N1CC(C2CCCCC2)NCC1CC. The van der Waals surface area contributed by atoms with Crippen LogP contribution < -0.4 is 5.32 Å². The highest BCUT2D eigenvalue weighted by molar-refractivity contribution is 4.91. The van der Waals surface area contributed by atoms with Crippen molar-refractivity contribution in [1.29, 1.82) is 0 Å². The number of hydrogen-bond acceptors (Lipinski definition) is 2. The number of piperazine rings is 1. The van der Waals surface area contributed by atoms with E-state index in [2.05, 4.69) is 31.0 Å². The van der Waals surface area contributed by atoms with Crippen LogP contribution in [0.4, 0.5) is 0 Å². The third-order valence-corrected chi connectivity index (χ3v) is 5.45. The Morgan fingerprint density at radius 1 is 1.16 bits per heavy atom. The molecule has 2 fully saturated rings. The van der Waals surface area contributed by atoms with Crippen LogP contribution in [0.2, 0.25) is 0 Å². The monoisotopic (exact) mass is 266 g/mol. The fourth-order valence-corrected chi connectivity index (χ4v) is 4.20. The molecule has 1 N–H and O–H groups in total. The molecule has 2 rings (SSSR count). The largest absolute Gasteiger partial charge is 0.311 e. The molecule has 1 saturated heterocycles. The van der Waals surface area contributed by atoms with Crippen molar-refractivity contribution in [3.05, 3.63) is 0 Å². The van der Waals surface area contributed by atoms with Gasteiger partial charge in [-0.15, -0.1) is 0 Å². The van der Waals surface area contributed by atoms with E-state index < -0.39 is 0 Å². The van der Waals surface area contributed by atoms with E-state index in [1.54, 1.807) is 0 Å². The molecule has 2 heteroatoms. The zero-order chi connectivity index (χ0) is 13.7. The zero-order valence-corrected chi connectivity index (χ0v) is 13.3. The summed E-state index contributed by atoms with van der Waals surface area (Å²) in [4.78, 5) is 2.82. The van der Waals surface area contributed by atoms with Crippen molar-refractivity contribution in [2.75, 3.05) is 13.1 Å². The lowest BCUT2D eigenvalue weighted by atomic mass is 9.82. The summed E-state index contributed by atoms with van der Waals surface area (Å²) in [5, 5.41) is 3.88. The standard InChI is InChI=1S/C17H34N2/c1-4-9-14(3)19-13-17(18-12-16(19)5-2)15-10-7-6-8-11-15/h14-18H,4-13H2,1-3H3. The number of nitrogens with one attached hydrogen (secondary N) is 1. The van der Waals surface area contributed by atoms with E-state index in [1.165, 1.54) is 64.5 Å². The average molecular weight is 266 g/mol. The Kier molecular flexibility index (Phi) is 6.15. The topological polar surface area (TPSA) is 15.3 Å². The second-order valence-corrected chi connectivity index (χ2v) is 6.81. The van der Waals surface area contributed by atoms with Gasteiger partial charge >= 0.3 is 0 Å². The van der Waals surface area contributed by atoms with Gasteiger partial charge in [0.15, 0.2) is 0 Å². The van der Waals surface area contributed by atoms with Crippen molar-refractivity contribution >= 4 is 0 Å². The van der Waals surface area contributed by atoms with E-state index >= 15 is 0 Å². The maximum Gasteiger partial charge on any atom is 0.0224 e. The van der Waals surface area contributed by atoms with Crippen molar-refractivity contribution in [1.82, 2.24) is 10.2 Å². The average Bonchev–Trinajstić information content (AvgIpc) is 2.47. The summed E-state index contributed by atoms with van der Waals surface area (Å²) in [6.07, 6.45) is 11.3. The molecule has 1 aliphatic heterocycles. The van der Waals surface area contributed by atoms with Crippen molar-refractivity contribution in [2.45, 2.75) is 90.3 Å². The molecular weight excluding hydrogens is 232 g/mol. The Morgan fingerprint density at radius 3 is 2.53 bits per heavy atom. The van der Waals surface area contributed by atoms with Crippen LogP contribution in [0, 0.1) is 5.92 Å². The van der Waals surface area contributed by atoms with Gasteiger partial charge in [0.25, 0.3) is 0 Å².